The van der Waals surface area contributed by atoms with Crippen LogP contribution >= 0.6 is 0 Å². The first kappa shape index (κ1) is 14.7. The number of amides is 1. The lowest BCUT2D eigenvalue weighted by Crippen LogP contribution is -2.41. The lowest BCUT2D eigenvalue weighted by atomic mass is 10.1. The molecular formula is C13H24N4O. The first-order chi connectivity index (χ1) is 8.40. The highest BCUT2D eigenvalue weighted by Gasteiger charge is 2.10. The van der Waals surface area contributed by atoms with E-state index in [1.54, 1.807) is 4.68 Å². The van der Waals surface area contributed by atoms with Crippen molar-refractivity contribution in [1.29, 1.82) is 0 Å². The fourth-order valence-corrected chi connectivity index (χ4v) is 1.60. The molecule has 1 amide bonds. The van der Waals surface area contributed by atoms with Crippen LogP contribution < -0.4 is 10.6 Å². The van der Waals surface area contributed by atoms with Crippen LogP contribution in [-0.4, -0.2) is 28.3 Å². The largest absolute Gasteiger partial charge is 0.352 e. The predicted octanol–water partition coefficient (Wildman–Crippen LogP) is 0.979. The Bertz CT molecular complexity index is 398. The highest BCUT2D eigenvalue weighted by molar-refractivity contribution is 5.78. The minimum Gasteiger partial charge on any atom is -0.352 e. The van der Waals surface area contributed by atoms with Crippen molar-refractivity contribution in [1.82, 2.24) is 20.4 Å². The molecule has 1 aromatic heterocycles. The van der Waals surface area contributed by atoms with Gasteiger partial charge >= 0.3 is 0 Å². The number of hydrogen-bond donors (Lipinski definition) is 2. The third-order valence-corrected chi connectivity index (χ3v) is 3.10. The average molecular weight is 252 g/mol. The van der Waals surface area contributed by atoms with Crippen molar-refractivity contribution in [2.45, 2.75) is 40.3 Å². The maximum atomic E-state index is 11.6. The van der Waals surface area contributed by atoms with Crippen LogP contribution in [0.3, 0.4) is 0 Å². The van der Waals surface area contributed by atoms with Crippen LogP contribution in [0.5, 0.6) is 0 Å². The molecule has 102 valence electrons. The van der Waals surface area contributed by atoms with Crippen molar-refractivity contribution in [2.75, 3.05) is 6.54 Å². The molecule has 0 bridgehead atoms. The van der Waals surface area contributed by atoms with E-state index >= 15 is 0 Å². The third-order valence-electron chi connectivity index (χ3n) is 3.10. The lowest BCUT2D eigenvalue weighted by Gasteiger charge is -2.17. The van der Waals surface area contributed by atoms with Crippen LogP contribution in [0.4, 0.5) is 0 Å². The molecule has 5 nitrogen and oxygen atoms in total. The summed E-state index contributed by atoms with van der Waals surface area (Å²) in [7, 11) is 1.90. The number of carbonyl (C=O) groups is 1. The van der Waals surface area contributed by atoms with Gasteiger partial charge in [0.15, 0.2) is 0 Å². The molecule has 1 atom stereocenters. The molecule has 1 heterocycles. The standard InChI is InChI=1S/C13H24N4O/c1-9(2)10(3)15-13(18)7-14-6-12-8-17(5)16-11(12)4/h8-10,14H,6-7H2,1-5H3,(H,15,18). The van der Waals surface area contributed by atoms with Gasteiger partial charge in [-0.05, 0) is 19.8 Å². The molecule has 2 N–H and O–H groups in total. The molecule has 1 aromatic rings. The summed E-state index contributed by atoms with van der Waals surface area (Å²) in [5, 5.41) is 10.4. The zero-order valence-electron chi connectivity index (χ0n) is 11.9. The molecule has 5 heteroatoms. The number of aryl methyl sites for hydroxylation is 2. The second kappa shape index (κ2) is 6.54. The Morgan fingerprint density at radius 1 is 1.44 bits per heavy atom. The summed E-state index contributed by atoms with van der Waals surface area (Å²) in [6.07, 6.45) is 1.97. The first-order valence-electron chi connectivity index (χ1n) is 6.39. The van der Waals surface area contributed by atoms with Crippen molar-refractivity contribution in [2.24, 2.45) is 13.0 Å². The van der Waals surface area contributed by atoms with Crippen LogP contribution in [0.2, 0.25) is 0 Å². The van der Waals surface area contributed by atoms with Crippen LogP contribution in [0, 0.1) is 12.8 Å². The van der Waals surface area contributed by atoms with E-state index in [0.29, 0.717) is 19.0 Å². The second-order valence-corrected chi connectivity index (χ2v) is 5.12. The summed E-state index contributed by atoms with van der Waals surface area (Å²) in [6, 6.07) is 0.208. The molecule has 1 rings (SSSR count). The highest BCUT2D eigenvalue weighted by Crippen LogP contribution is 2.03. The van der Waals surface area contributed by atoms with E-state index < -0.39 is 0 Å². The molecule has 0 aliphatic rings. The van der Waals surface area contributed by atoms with E-state index in [0.717, 1.165) is 11.3 Å². The Kier molecular flexibility index (Phi) is 5.34. The van der Waals surface area contributed by atoms with Gasteiger partial charge in [-0.1, -0.05) is 13.8 Å². The smallest absolute Gasteiger partial charge is 0.234 e. The maximum absolute atomic E-state index is 11.6. The van der Waals surface area contributed by atoms with Gasteiger partial charge < -0.3 is 10.6 Å². The van der Waals surface area contributed by atoms with Gasteiger partial charge in [0.05, 0.1) is 12.2 Å². The van der Waals surface area contributed by atoms with Gasteiger partial charge in [0.25, 0.3) is 0 Å². The normalized spacial score (nSPS) is 12.8. The Balaban J connectivity index is 2.29. The topological polar surface area (TPSA) is 59.0 Å². The summed E-state index contributed by atoms with van der Waals surface area (Å²) in [5.41, 5.74) is 2.13. The van der Waals surface area contributed by atoms with Gasteiger partial charge in [-0.15, -0.1) is 0 Å². The second-order valence-electron chi connectivity index (χ2n) is 5.12. The van der Waals surface area contributed by atoms with Crippen molar-refractivity contribution < 1.29 is 4.79 Å². The Labute approximate surface area is 109 Å². The molecule has 0 fully saturated rings. The Morgan fingerprint density at radius 2 is 2.11 bits per heavy atom. The van der Waals surface area contributed by atoms with E-state index in [4.69, 9.17) is 0 Å². The Morgan fingerprint density at radius 3 is 2.61 bits per heavy atom. The average Bonchev–Trinajstić information content (AvgIpc) is 2.57. The molecule has 0 aliphatic heterocycles. The summed E-state index contributed by atoms with van der Waals surface area (Å²) >= 11 is 0. The van der Waals surface area contributed by atoms with Gasteiger partial charge in [0.2, 0.25) is 5.91 Å². The third kappa shape index (κ3) is 4.49. The van der Waals surface area contributed by atoms with E-state index in [2.05, 4.69) is 29.6 Å². The van der Waals surface area contributed by atoms with E-state index in [1.807, 2.05) is 27.1 Å². The zero-order chi connectivity index (χ0) is 13.7. The monoisotopic (exact) mass is 252 g/mol. The van der Waals surface area contributed by atoms with E-state index in [-0.39, 0.29) is 11.9 Å². The molecule has 0 spiro atoms. The zero-order valence-corrected chi connectivity index (χ0v) is 11.9. The van der Waals surface area contributed by atoms with Crippen LogP contribution in [0.15, 0.2) is 6.20 Å². The first-order valence-corrected chi connectivity index (χ1v) is 6.39. The fourth-order valence-electron chi connectivity index (χ4n) is 1.60. The lowest BCUT2D eigenvalue weighted by molar-refractivity contribution is -0.121. The summed E-state index contributed by atoms with van der Waals surface area (Å²) in [4.78, 5) is 11.6. The van der Waals surface area contributed by atoms with Crippen LogP contribution in [0.25, 0.3) is 0 Å². The summed E-state index contributed by atoms with van der Waals surface area (Å²) in [6.45, 7) is 9.19. The number of hydrogen-bond acceptors (Lipinski definition) is 3. The maximum Gasteiger partial charge on any atom is 0.234 e. The van der Waals surface area contributed by atoms with Gasteiger partial charge in [0, 0.05) is 31.4 Å². The van der Waals surface area contributed by atoms with Gasteiger partial charge in [-0.2, -0.15) is 5.10 Å². The quantitative estimate of drug-likeness (QED) is 0.793. The number of aromatic nitrogens is 2. The van der Waals surface area contributed by atoms with Crippen molar-refractivity contribution >= 4 is 5.91 Å². The molecule has 0 aliphatic carbocycles. The molecule has 0 saturated carbocycles. The molecule has 0 saturated heterocycles. The number of carbonyl (C=O) groups excluding carboxylic acids is 1. The molecular weight excluding hydrogens is 228 g/mol. The minimum atomic E-state index is 0.0396. The van der Waals surface area contributed by atoms with Crippen molar-refractivity contribution in [3.63, 3.8) is 0 Å². The highest BCUT2D eigenvalue weighted by atomic mass is 16.1. The molecule has 1 unspecified atom stereocenters. The van der Waals surface area contributed by atoms with Gasteiger partial charge in [-0.25, -0.2) is 0 Å². The Hall–Kier alpha value is -1.36. The molecule has 0 radical (unpaired) electrons. The van der Waals surface area contributed by atoms with Crippen molar-refractivity contribution in [3.05, 3.63) is 17.5 Å². The van der Waals surface area contributed by atoms with E-state index in [1.165, 1.54) is 0 Å². The SMILES string of the molecule is Cc1nn(C)cc1CNCC(=O)NC(C)C(C)C. The predicted molar refractivity (Wildman–Crippen MR) is 72.1 cm³/mol. The van der Waals surface area contributed by atoms with Crippen LogP contribution in [-0.2, 0) is 18.4 Å². The molecule has 18 heavy (non-hydrogen) atoms. The summed E-state index contributed by atoms with van der Waals surface area (Å²) < 4.78 is 1.78. The number of nitrogens with zero attached hydrogens (tertiary/aromatic N) is 2. The fraction of sp³-hybridized carbons (Fsp3) is 0.692. The van der Waals surface area contributed by atoms with E-state index in [9.17, 15) is 4.79 Å². The molecule has 0 aromatic carbocycles. The summed E-state index contributed by atoms with van der Waals surface area (Å²) in [5.74, 6) is 0.493. The minimum absolute atomic E-state index is 0.0396. The van der Waals surface area contributed by atoms with Crippen molar-refractivity contribution in [3.8, 4) is 0 Å². The van der Waals surface area contributed by atoms with Gasteiger partial charge in [0.1, 0.15) is 0 Å². The number of nitrogens with one attached hydrogen (secondary N) is 2. The van der Waals surface area contributed by atoms with Gasteiger partial charge in [-0.3, -0.25) is 9.48 Å². The number of rotatable bonds is 6. The van der Waals surface area contributed by atoms with Crippen LogP contribution in [0.1, 0.15) is 32.0 Å².